The first-order chi connectivity index (χ1) is 14.8. The van der Waals surface area contributed by atoms with E-state index in [-0.39, 0.29) is 23.8 Å². The number of ether oxygens (including phenoxy) is 2. The number of esters is 2. The van der Waals surface area contributed by atoms with E-state index in [0.717, 1.165) is 32.1 Å². The Balaban J connectivity index is 5.21. The second-order valence-electron chi connectivity index (χ2n) is 9.62. The van der Waals surface area contributed by atoms with Crippen LogP contribution in [0.4, 0.5) is 0 Å². The largest absolute Gasteiger partial charge is 0.462 e. The molecule has 0 fully saturated rings. The molecule has 0 atom stereocenters. The third-order valence-corrected chi connectivity index (χ3v) is 5.26. The molecule has 0 aliphatic carbocycles. The van der Waals surface area contributed by atoms with E-state index >= 15 is 0 Å². The summed E-state index contributed by atoms with van der Waals surface area (Å²) in [6.45, 7) is 13.2. The minimum absolute atomic E-state index is 0.268. The smallest absolute Gasteiger partial charge is 0.334 e. The molecular formula is C27H50O4. The number of carbonyl (C=O) groups excluding carboxylic acids is 2. The lowest BCUT2D eigenvalue weighted by molar-refractivity contribution is -0.143. The SMILES string of the molecule is CCCCCCCCCC/C(C(=O)OCC(C)C)=C(\CCCCC)C(=O)OCC(C)C. The number of hydrogen-bond acceptors (Lipinski definition) is 4. The normalized spacial score (nSPS) is 12.3. The van der Waals surface area contributed by atoms with Crippen molar-refractivity contribution in [3.8, 4) is 0 Å². The van der Waals surface area contributed by atoms with Crippen LogP contribution in [0.25, 0.3) is 0 Å². The van der Waals surface area contributed by atoms with E-state index in [9.17, 15) is 9.59 Å². The Hall–Kier alpha value is -1.32. The summed E-state index contributed by atoms with van der Waals surface area (Å²) < 4.78 is 11.1. The lowest BCUT2D eigenvalue weighted by Crippen LogP contribution is -2.20. The molecule has 0 bridgehead atoms. The molecule has 0 aliphatic rings. The summed E-state index contributed by atoms with van der Waals surface area (Å²) in [5.41, 5.74) is 1.10. The molecule has 31 heavy (non-hydrogen) atoms. The van der Waals surface area contributed by atoms with Gasteiger partial charge in [0.15, 0.2) is 0 Å². The first-order valence-electron chi connectivity index (χ1n) is 12.9. The monoisotopic (exact) mass is 438 g/mol. The molecule has 0 aliphatic heterocycles. The zero-order valence-electron chi connectivity index (χ0n) is 21.4. The Labute approximate surface area is 192 Å². The molecule has 0 amide bonds. The minimum Gasteiger partial charge on any atom is -0.462 e. The van der Waals surface area contributed by atoms with Crippen LogP contribution in [0.1, 0.15) is 125 Å². The Bertz CT molecular complexity index is 505. The van der Waals surface area contributed by atoms with Gasteiger partial charge in [-0.25, -0.2) is 9.59 Å². The van der Waals surface area contributed by atoms with Crippen molar-refractivity contribution in [3.63, 3.8) is 0 Å². The van der Waals surface area contributed by atoms with Crippen LogP contribution in [0.3, 0.4) is 0 Å². The molecule has 0 aromatic carbocycles. The van der Waals surface area contributed by atoms with Crippen LogP contribution in [-0.2, 0) is 19.1 Å². The first kappa shape index (κ1) is 29.7. The Morgan fingerprint density at radius 2 is 0.871 bits per heavy atom. The zero-order valence-corrected chi connectivity index (χ0v) is 21.4. The van der Waals surface area contributed by atoms with Crippen molar-refractivity contribution in [2.75, 3.05) is 13.2 Å². The molecule has 4 nitrogen and oxygen atoms in total. The maximum atomic E-state index is 12.9. The van der Waals surface area contributed by atoms with Gasteiger partial charge in [-0.05, 0) is 37.5 Å². The summed E-state index contributed by atoms with van der Waals surface area (Å²) >= 11 is 0. The van der Waals surface area contributed by atoms with E-state index in [2.05, 4.69) is 13.8 Å². The Morgan fingerprint density at radius 3 is 1.26 bits per heavy atom. The average Bonchev–Trinajstić information content (AvgIpc) is 2.73. The number of rotatable bonds is 19. The second kappa shape index (κ2) is 19.4. The highest BCUT2D eigenvalue weighted by molar-refractivity contribution is 6.00. The summed E-state index contributed by atoms with van der Waals surface area (Å²) in [6, 6.07) is 0. The van der Waals surface area contributed by atoms with Gasteiger partial charge in [-0.1, -0.05) is 99.3 Å². The lowest BCUT2D eigenvalue weighted by atomic mass is 9.96. The van der Waals surface area contributed by atoms with E-state index in [1.54, 1.807) is 0 Å². The van der Waals surface area contributed by atoms with E-state index in [1.807, 2.05) is 27.7 Å². The van der Waals surface area contributed by atoms with Gasteiger partial charge in [-0.3, -0.25) is 0 Å². The summed E-state index contributed by atoms with van der Waals surface area (Å²) in [4.78, 5) is 25.8. The van der Waals surface area contributed by atoms with Crippen molar-refractivity contribution >= 4 is 11.9 Å². The minimum atomic E-state index is -0.333. The van der Waals surface area contributed by atoms with Crippen LogP contribution < -0.4 is 0 Å². The highest BCUT2D eigenvalue weighted by Crippen LogP contribution is 2.23. The molecule has 0 spiro atoms. The van der Waals surface area contributed by atoms with Crippen molar-refractivity contribution in [2.24, 2.45) is 11.8 Å². The summed E-state index contributed by atoms with van der Waals surface area (Å²) in [7, 11) is 0. The molecule has 0 aromatic rings. The van der Waals surface area contributed by atoms with Gasteiger partial charge < -0.3 is 9.47 Å². The third-order valence-electron chi connectivity index (χ3n) is 5.26. The maximum absolute atomic E-state index is 12.9. The fourth-order valence-corrected chi connectivity index (χ4v) is 3.40. The van der Waals surface area contributed by atoms with Crippen molar-refractivity contribution < 1.29 is 19.1 Å². The molecule has 182 valence electrons. The predicted molar refractivity (Wildman–Crippen MR) is 130 cm³/mol. The van der Waals surface area contributed by atoms with Gasteiger partial charge >= 0.3 is 11.9 Å². The molecule has 4 heteroatoms. The molecule has 0 heterocycles. The van der Waals surface area contributed by atoms with Crippen LogP contribution in [0, 0.1) is 11.8 Å². The number of unbranched alkanes of at least 4 members (excludes halogenated alkanes) is 9. The van der Waals surface area contributed by atoms with E-state index < -0.39 is 0 Å². The summed E-state index contributed by atoms with van der Waals surface area (Å²) in [5.74, 6) is -0.125. The van der Waals surface area contributed by atoms with Crippen LogP contribution >= 0.6 is 0 Å². The Kier molecular flexibility index (Phi) is 18.5. The summed E-state index contributed by atoms with van der Waals surface area (Å²) in [6.07, 6.45) is 13.8. The van der Waals surface area contributed by atoms with Crippen molar-refractivity contribution in [1.82, 2.24) is 0 Å². The highest BCUT2D eigenvalue weighted by atomic mass is 16.5. The van der Waals surface area contributed by atoms with Gasteiger partial charge in [0.1, 0.15) is 0 Å². The fraction of sp³-hybridized carbons (Fsp3) is 0.852. The van der Waals surface area contributed by atoms with Crippen molar-refractivity contribution in [2.45, 2.75) is 125 Å². The van der Waals surface area contributed by atoms with Crippen molar-refractivity contribution in [3.05, 3.63) is 11.1 Å². The predicted octanol–water partition coefficient (Wildman–Crippen LogP) is 7.79. The first-order valence-corrected chi connectivity index (χ1v) is 12.9. The van der Waals surface area contributed by atoms with Crippen LogP contribution in [0.5, 0.6) is 0 Å². The van der Waals surface area contributed by atoms with Gasteiger partial charge in [0, 0.05) is 11.1 Å². The number of hydrogen-bond donors (Lipinski definition) is 0. The second-order valence-corrected chi connectivity index (χ2v) is 9.62. The molecule has 0 aromatic heterocycles. The molecule has 0 radical (unpaired) electrons. The molecule has 0 saturated carbocycles. The van der Waals surface area contributed by atoms with Crippen LogP contribution in [-0.4, -0.2) is 25.2 Å². The third kappa shape index (κ3) is 16.0. The van der Waals surface area contributed by atoms with E-state index in [4.69, 9.17) is 9.47 Å². The molecule has 0 unspecified atom stereocenters. The average molecular weight is 439 g/mol. The molecule has 0 rings (SSSR count). The van der Waals surface area contributed by atoms with Gasteiger partial charge in [0.2, 0.25) is 0 Å². The Morgan fingerprint density at radius 1 is 0.548 bits per heavy atom. The maximum Gasteiger partial charge on any atom is 0.334 e. The van der Waals surface area contributed by atoms with Crippen LogP contribution in [0.2, 0.25) is 0 Å². The van der Waals surface area contributed by atoms with E-state index in [0.29, 0.717) is 37.2 Å². The molecule has 0 N–H and O–H groups in total. The van der Waals surface area contributed by atoms with Gasteiger partial charge in [-0.15, -0.1) is 0 Å². The van der Waals surface area contributed by atoms with E-state index in [1.165, 1.54) is 38.5 Å². The van der Waals surface area contributed by atoms with Gasteiger partial charge in [-0.2, -0.15) is 0 Å². The zero-order chi connectivity index (χ0) is 23.5. The van der Waals surface area contributed by atoms with Crippen molar-refractivity contribution in [1.29, 1.82) is 0 Å². The highest BCUT2D eigenvalue weighted by Gasteiger charge is 2.23. The lowest BCUT2D eigenvalue weighted by Gasteiger charge is -2.16. The standard InChI is InChI=1S/C27H50O4/c1-7-9-11-12-13-14-15-17-19-25(27(29)31-21-23(5)6)24(18-16-10-8-2)26(28)30-20-22(3)4/h22-23H,7-21H2,1-6H3/b25-24-. The topological polar surface area (TPSA) is 52.6 Å². The van der Waals surface area contributed by atoms with Gasteiger partial charge in [0.05, 0.1) is 13.2 Å². The fourth-order valence-electron chi connectivity index (χ4n) is 3.40. The molecule has 0 saturated heterocycles. The molecular weight excluding hydrogens is 388 g/mol. The summed E-state index contributed by atoms with van der Waals surface area (Å²) in [5, 5.41) is 0. The van der Waals surface area contributed by atoms with Gasteiger partial charge in [0.25, 0.3) is 0 Å². The van der Waals surface area contributed by atoms with Crippen LogP contribution in [0.15, 0.2) is 11.1 Å². The number of carbonyl (C=O) groups is 2. The quantitative estimate of drug-likeness (QED) is 0.117.